The molecule has 0 spiro atoms. The van der Waals surface area contributed by atoms with E-state index in [-0.39, 0.29) is 6.04 Å². The Morgan fingerprint density at radius 1 is 1.04 bits per heavy atom. The molecule has 0 bridgehead atoms. The molecule has 0 saturated heterocycles. The van der Waals surface area contributed by atoms with E-state index in [0.29, 0.717) is 5.92 Å². The van der Waals surface area contributed by atoms with Crippen molar-refractivity contribution in [3.05, 3.63) is 93.3 Å². The molecule has 1 heterocycles. The molecule has 2 atom stereocenters. The van der Waals surface area contributed by atoms with Crippen molar-refractivity contribution < 1.29 is 0 Å². The van der Waals surface area contributed by atoms with Crippen molar-refractivity contribution in [1.82, 2.24) is 20.2 Å². The smallest absolute Gasteiger partial charge is 0.139 e. The Morgan fingerprint density at radius 3 is 2.50 bits per heavy atom. The fourth-order valence-corrected chi connectivity index (χ4v) is 4.24. The molecule has 130 valence electrons. The van der Waals surface area contributed by atoms with Crippen molar-refractivity contribution in [2.24, 2.45) is 5.92 Å². The Bertz CT molecular complexity index is 945. The summed E-state index contributed by atoms with van der Waals surface area (Å²) >= 11 is 2.39. The number of rotatable bonds is 4. The van der Waals surface area contributed by atoms with Crippen LogP contribution in [0.15, 0.2) is 78.6 Å². The summed E-state index contributed by atoms with van der Waals surface area (Å²) in [4.78, 5) is 0. The van der Waals surface area contributed by atoms with Crippen molar-refractivity contribution in [1.29, 1.82) is 0 Å². The van der Waals surface area contributed by atoms with Gasteiger partial charge in [0, 0.05) is 3.57 Å². The fraction of sp³-hybridized carbons (Fsp3) is 0.190. The lowest BCUT2D eigenvalue weighted by Crippen LogP contribution is -2.21. The molecular formula is C21H19IN4. The standard InChI is InChI=1S/C21H19IN4/c1-15-13-17(16-7-3-2-4-8-16)11-12-18(15)21(26-14-23-24-25-26)19-9-5-6-10-20(19)22/h2-12,14-15,21H,13H2,1H3. The van der Waals surface area contributed by atoms with Gasteiger partial charge in [-0.1, -0.05) is 67.6 Å². The van der Waals surface area contributed by atoms with Crippen LogP contribution in [0.3, 0.4) is 0 Å². The van der Waals surface area contributed by atoms with Crippen LogP contribution in [0.25, 0.3) is 5.57 Å². The molecule has 1 aliphatic carbocycles. The predicted molar refractivity (Wildman–Crippen MR) is 111 cm³/mol. The van der Waals surface area contributed by atoms with Gasteiger partial charge >= 0.3 is 0 Å². The third kappa shape index (κ3) is 3.35. The van der Waals surface area contributed by atoms with Crippen molar-refractivity contribution in [3.63, 3.8) is 0 Å². The van der Waals surface area contributed by atoms with E-state index in [4.69, 9.17) is 0 Å². The molecule has 2 aromatic carbocycles. The fourth-order valence-electron chi connectivity index (χ4n) is 3.56. The molecule has 4 rings (SSSR count). The summed E-state index contributed by atoms with van der Waals surface area (Å²) in [6, 6.07) is 19.1. The number of benzene rings is 2. The lowest BCUT2D eigenvalue weighted by atomic mass is 9.80. The summed E-state index contributed by atoms with van der Waals surface area (Å²) in [5.41, 5.74) is 5.24. The quantitative estimate of drug-likeness (QED) is 0.526. The van der Waals surface area contributed by atoms with E-state index in [1.54, 1.807) is 6.33 Å². The first-order valence-corrected chi connectivity index (χ1v) is 9.75. The minimum Gasteiger partial charge on any atom is -0.221 e. The van der Waals surface area contributed by atoms with Crippen LogP contribution in [0.5, 0.6) is 0 Å². The van der Waals surface area contributed by atoms with Gasteiger partial charge in [0.05, 0.1) is 0 Å². The zero-order valence-corrected chi connectivity index (χ0v) is 16.6. The first-order chi connectivity index (χ1) is 12.7. The summed E-state index contributed by atoms with van der Waals surface area (Å²) in [5, 5.41) is 11.9. The molecule has 0 amide bonds. The van der Waals surface area contributed by atoms with E-state index in [1.165, 1.54) is 25.8 Å². The van der Waals surface area contributed by atoms with Crippen LogP contribution < -0.4 is 0 Å². The second-order valence-electron chi connectivity index (χ2n) is 6.54. The zero-order chi connectivity index (χ0) is 17.9. The number of nitrogens with zero attached hydrogens (tertiary/aromatic N) is 4. The van der Waals surface area contributed by atoms with E-state index in [0.717, 1.165) is 6.42 Å². The summed E-state index contributed by atoms with van der Waals surface area (Å²) in [5.74, 6) is 0.403. The van der Waals surface area contributed by atoms with Crippen molar-refractivity contribution in [3.8, 4) is 0 Å². The van der Waals surface area contributed by atoms with E-state index < -0.39 is 0 Å². The van der Waals surface area contributed by atoms with Crippen LogP contribution in [-0.2, 0) is 0 Å². The van der Waals surface area contributed by atoms with Gasteiger partial charge in [0.25, 0.3) is 0 Å². The molecule has 0 radical (unpaired) electrons. The highest BCUT2D eigenvalue weighted by molar-refractivity contribution is 14.1. The first-order valence-electron chi connectivity index (χ1n) is 8.67. The Labute approximate surface area is 166 Å². The third-order valence-corrected chi connectivity index (χ3v) is 5.84. The van der Waals surface area contributed by atoms with Crippen LogP contribution in [-0.4, -0.2) is 20.2 Å². The molecule has 5 heteroatoms. The zero-order valence-electron chi connectivity index (χ0n) is 14.5. The van der Waals surface area contributed by atoms with Gasteiger partial charge in [-0.3, -0.25) is 0 Å². The molecule has 0 N–H and O–H groups in total. The van der Waals surface area contributed by atoms with Gasteiger partial charge in [0.1, 0.15) is 12.4 Å². The van der Waals surface area contributed by atoms with Gasteiger partial charge in [0.15, 0.2) is 0 Å². The summed E-state index contributed by atoms with van der Waals surface area (Å²) < 4.78 is 3.08. The van der Waals surface area contributed by atoms with Crippen LogP contribution in [0, 0.1) is 9.49 Å². The maximum Gasteiger partial charge on any atom is 0.139 e. The van der Waals surface area contributed by atoms with E-state index in [2.05, 4.69) is 112 Å². The van der Waals surface area contributed by atoms with Crippen molar-refractivity contribution in [2.75, 3.05) is 0 Å². The molecule has 0 aliphatic heterocycles. The average molecular weight is 454 g/mol. The molecule has 26 heavy (non-hydrogen) atoms. The predicted octanol–water partition coefficient (Wildman–Crippen LogP) is 4.92. The highest BCUT2D eigenvalue weighted by Gasteiger charge is 2.28. The first kappa shape index (κ1) is 17.1. The Balaban J connectivity index is 1.78. The molecule has 0 saturated carbocycles. The molecule has 3 aromatic rings. The summed E-state index contributed by atoms with van der Waals surface area (Å²) in [7, 11) is 0. The van der Waals surface area contributed by atoms with Crippen LogP contribution in [0.1, 0.15) is 30.5 Å². The van der Waals surface area contributed by atoms with Crippen LogP contribution in [0.2, 0.25) is 0 Å². The number of aromatic nitrogens is 4. The maximum absolute atomic E-state index is 4.21. The highest BCUT2D eigenvalue weighted by atomic mass is 127. The Kier molecular flexibility index (Phi) is 4.97. The number of allylic oxidation sites excluding steroid dienone is 4. The van der Waals surface area contributed by atoms with E-state index in [1.807, 2.05) is 4.68 Å². The number of hydrogen-bond acceptors (Lipinski definition) is 3. The highest BCUT2D eigenvalue weighted by Crippen LogP contribution is 2.39. The van der Waals surface area contributed by atoms with Gasteiger partial charge in [-0.15, -0.1) is 5.10 Å². The minimum absolute atomic E-state index is 0.0154. The Hall–Kier alpha value is -2.28. The third-order valence-electron chi connectivity index (χ3n) is 4.86. The number of hydrogen-bond donors (Lipinski definition) is 0. The topological polar surface area (TPSA) is 43.6 Å². The van der Waals surface area contributed by atoms with Gasteiger partial charge in [0.2, 0.25) is 0 Å². The van der Waals surface area contributed by atoms with Gasteiger partial charge < -0.3 is 0 Å². The molecular weight excluding hydrogens is 435 g/mol. The largest absolute Gasteiger partial charge is 0.221 e. The lowest BCUT2D eigenvalue weighted by Gasteiger charge is -2.29. The molecule has 0 fully saturated rings. The van der Waals surface area contributed by atoms with E-state index in [9.17, 15) is 0 Å². The Morgan fingerprint density at radius 2 is 1.81 bits per heavy atom. The van der Waals surface area contributed by atoms with Gasteiger partial charge in [-0.2, -0.15) is 0 Å². The van der Waals surface area contributed by atoms with Crippen molar-refractivity contribution >= 4 is 28.2 Å². The molecule has 1 aliphatic rings. The number of halogens is 1. The van der Waals surface area contributed by atoms with Gasteiger partial charge in [-0.05, 0) is 73.7 Å². The van der Waals surface area contributed by atoms with Crippen molar-refractivity contribution in [2.45, 2.75) is 19.4 Å². The lowest BCUT2D eigenvalue weighted by molar-refractivity contribution is 0.504. The van der Waals surface area contributed by atoms with Gasteiger partial charge in [-0.25, -0.2) is 4.68 Å². The second kappa shape index (κ2) is 7.53. The van der Waals surface area contributed by atoms with Crippen LogP contribution in [0.4, 0.5) is 0 Å². The SMILES string of the molecule is CC1CC(c2ccccc2)=CC=C1C(c1ccccc1I)n1cnnn1. The second-order valence-corrected chi connectivity index (χ2v) is 7.71. The molecule has 2 unspecified atom stereocenters. The maximum atomic E-state index is 4.21. The summed E-state index contributed by atoms with van der Waals surface area (Å²) in [6.07, 6.45) is 7.22. The average Bonchev–Trinajstić information content (AvgIpc) is 3.20. The summed E-state index contributed by atoms with van der Waals surface area (Å²) in [6.45, 7) is 2.29. The van der Waals surface area contributed by atoms with E-state index >= 15 is 0 Å². The molecule has 1 aromatic heterocycles. The van der Waals surface area contributed by atoms with Crippen LogP contribution >= 0.6 is 22.6 Å². The molecule has 4 nitrogen and oxygen atoms in total. The number of tetrazole rings is 1. The minimum atomic E-state index is 0.0154. The normalized spacial score (nSPS) is 18.2. The monoisotopic (exact) mass is 454 g/mol.